The largest absolute Gasteiger partial charge is 0.400 e. The summed E-state index contributed by atoms with van der Waals surface area (Å²) < 4.78 is 91.7. The summed E-state index contributed by atoms with van der Waals surface area (Å²) in [5.74, 6) is 1.25. The van der Waals surface area contributed by atoms with Gasteiger partial charge in [0.05, 0.1) is 39.8 Å². The Balaban J connectivity index is 0.000000168. The third kappa shape index (κ3) is 9.53. The highest BCUT2D eigenvalue weighted by Crippen LogP contribution is 2.37. The first-order valence-electron chi connectivity index (χ1n) is 22.7. The zero-order chi connectivity index (χ0) is 49.4. The first-order chi connectivity index (χ1) is 32.9. The quantitative estimate of drug-likeness (QED) is 0.137. The number of carbonyl (C=O) groups is 1. The van der Waals surface area contributed by atoms with E-state index in [0.29, 0.717) is 53.9 Å². The number of urea groups is 1. The van der Waals surface area contributed by atoms with Gasteiger partial charge in [-0.05, 0) is 75.5 Å². The number of aryl methyl sites for hydroxylation is 2. The molecule has 8 aromatic rings. The van der Waals surface area contributed by atoms with Crippen LogP contribution < -0.4 is 16.4 Å². The van der Waals surface area contributed by atoms with Crippen LogP contribution in [0.15, 0.2) is 108 Å². The van der Waals surface area contributed by atoms with Gasteiger partial charge in [0, 0.05) is 74.2 Å². The molecule has 4 N–H and O–H groups in total. The van der Waals surface area contributed by atoms with Gasteiger partial charge in [-0.1, -0.05) is 62.1 Å². The molecule has 10 rings (SSSR count). The van der Waals surface area contributed by atoms with Gasteiger partial charge in [0.25, 0.3) is 20.0 Å². The Bertz CT molecular complexity index is 3350. The average molecular weight is 989 g/mol. The lowest BCUT2D eigenvalue weighted by atomic mass is 9.91. The molecule has 2 saturated heterocycles. The Morgan fingerprint density at radius 1 is 0.681 bits per heavy atom. The van der Waals surface area contributed by atoms with Gasteiger partial charge < -0.3 is 21.3 Å². The molecule has 366 valence electrons. The molecule has 22 heteroatoms. The average Bonchev–Trinajstić information content (AvgIpc) is 4.19. The van der Waals surface area contributed by atoms with Gasteiger partial charge >= 0.3 is 12.2 Å². The summed E-state index contributed by atoms with van der Waals surface area (Å²) in [5, 5.41) is 6.36. The van der Waals surface area contributed by atoms with E-state index in [1.165, 1.54) is 7.94 Å². The van der Waals surface area contributed by atoms with E-state index in [4.69, 9.17) is 0 Å². The number of fused-ring (bicyclic) bond motifs is 6. The number of alkyl halides is 3. The molecule has 69 heavy (non-hydrogen) atoms. The maximum absolute atomic E-state index is 13.4. The van der Waals surface area contributed by atoms with E-state index < -0.39 is 32.8 Å². The van der Waals surface area contributed by atoms with Crippen LogP contribution in [0.5, 0.6) is 0 Å². The van der Waals surface area contributed by atoms with Gasteiger partial charge in [0.1, 0.15) is 0 Å². The first kappa shape index (κ1) is 49.1. The standard InChI is InChI=1S/C24H28N6O3S.C21H23N5O2S.C2H4F3N/c1-4-17-14-28(24(31)25-5-2)15-19(17)21-12-26-22-13-27-23-20(30(21)22)10-11-29(23)34(32,33)18-8-6-16(3)7-9-18;1-3-15-10-22-11-17(15)19-12-23-20-13-24-21-18(26(19)20)8-9-25(21)29(27,28)16-6-4-14(2)5-7-16;3-2(4,5)1-6/h6-13,17,19H,4-5,14-15H2,1-3H3,(H,25,31);4-9,12-13,15,17,22H,3,10-11H2,1-2H3;1,6H2/t17-,19?;15-,17?;/m11./s1. The fourth-order valence-corrected chi connectivity index (χ4v) is 11.8. The van der Waals surface area contributed by atoms with Crippen LogP contribution in [-0.2, 0) is 20.0 Å². The molecule has 2 unspecified atom stereocenters. The summed E-state index contributed by atoms with van der Waals surface area (Å²) in [6.07, 6.45) is 7.94. The number of nitrogens with one attached hydrogen (secondary N) is 2. The highest BCUT2D eigenvalue weighted by Gasteiger charge is 2.37. The van der Waals surface area contributed by atoms with Crippen molar-refractivity contribution in [1.82, 2.24) is 52.2 Å². The molecular formula is C47H55F3N12O5S2. The van der Waals surface area contributed by atoms with Crippen LogP contribution in [0.4, 0.5) is 18.0 Å². The number of nitrogens with two attached hydrogens (primary N) is 1. The normalized spacial score (nSPS) is 18.7. The lowest BCUT2D eigenvalue weighted by molar-refractivity contribution is -0.118. The Morgan fingerprint density at radius 3 is 1.58 bits per heavy atom. The SMILES string of the molecule is CCNC(=O)N1CC(c2cnc3cnc4c(ccn4S(=O)(=O)c4ccc(C)cc4)n23)[C@H](CC)C1.CC[C@@H]1CNCC1c1cnc2cnc3c(ccn3S(=O)(=O)c3ccc(C)cc3)n12.NCC(F)(F)F. The predicted octanol–water partition coefficient (Wildman–Crippen LogP) is 6.83. The fraction of sp³-hybridized carbons (Fsp3) is 0.383. The Labute approximate surface area is 397 Å². The highest BCUT2D eigenvalue weighted by molar-refractivity contribution is 7.90. The molecule has 0 aliphatic carbocycles. The molecule has 6 aromatic heterocycles. The van der Waals surface area contributed by atoms with Gasteiger partial charge in [-0.2, -0.15) is 13.2 Å². The molecule has 4 atom stereocenters. The molecule has 0 spiro atoms. The van der Waals surface area contributed by atoms with Crippen LogP contribution in [0.1, 0.15) is 68.0 Å². The number of likely N-dealkylation sites (tertiary alicyclic amines) is 1. The maximum atomic E-state index is 13.4. The number of carbonyl (C=O) groups excluding carboxylic acids is 1. The predicted molar refractivity (Wildman–Crippen MR) is 256 cm³/mol. The van der Waals surface area contributed by atoms with Gasteiger partial charge in [-0.3, -0.25) is 8.80 Å². The van der Waals surface area contributed by atoms with Crippen molar-refractivity contribution in [2.45, 2.75) is 75.3 Å². The van der Waals surface area contributed by atoms with Crippen LogP contribution >= 0.6 is 0 Å². The summed E-state index contributed by atoms with van der Waals surface area (Å²) in [4.78, 5) is 32.8. The molecule has 17 nitrogen and oxygen atoms in total. The van der Waals surface area contributed by atoms with Gasteiger partial charge in [-0.25, -0.2) is 49.5 Å². The highest BCUT2D eigenvalue weighted by atomic mass is 32.2. The van der Waals surface area contributed by atoms with E-state index in [-0.39, 0.29) is 27.7 Å². The number of halogens is 3. The third-order valence-corrected chi connectivity index (χ3v) is 16.3. The number of aromatic nitrogens is 8. The van der Waals surface area contributed by atoms with E-state index in [1.54, 1.807) is 79.4 Å². The number of benzene rings is 2. The van der Waals surface area contributed by atoms with Crippen molar-refractivity contribution in [2.24, 2.45) is 17.6 Å². The first-order valence-corrected chi connectivity index (χ1v) is 25.6. The minimum absolute atomic E-state index is 0.0561. The Morgan fingerprint density at radius 2 is 1.14 bits per heavy atom. The summed E-state index contributed by atoms with van der Waals surface area (Å²) in [7, 11) is -7.54. The molecule has 2 aromatic carbocycles. The van der Waals surface area contributed by atoms with Crippen LogP contribution in [0.2, 0.25) is 0 Å². The smallest absolute Gasteiger partial charge is 0.338 e. The number of imidazole rings is 2. The molecule has 2 aliphatic rings. The zero-order valence-corrected chi connectivity index (χ0v) is 40.4. The van der Waals surface area contributed by atoms with Gasteiger partial charge in [-0.15, -0.1) is 0 Å². The maximum Gasteiger partial charge on any atom is 0.400 e. The van der Waals surface area contributed by atoms with Crippen molar-refractivity contribution in [3.8, 4) is 0 Å². The number of nitrogens with zero attached hydrogens (tertiary/aromatic N) is 9. The topological polar surface area (TPSA) is 209 Å². The molecule has 0 radical (unpaired) electrons. The number of hydrogen-bond acceptors (Lipinski definition) is 11. The zero-order valence-electron chi connectivity index (χ0n) is 38.8. The van der Waals surface area contributed by atoms with Crippen molar-refractivity contribution < 1.29 is 34.8 Å². The van der Waals surface area contributed by atoms with Crippen molar-refractivity contribution in [3.05, 3.63) is 120 Å². The van der Waals surface area contributed by atoms with Crippen molar-refractivity contribution in [1.29, 1.82) is 0 Å². The van der Waals surface area contributed by atoms with E-state index >= 15 is 0 Å². The van der Waals surface area contributed by atoms with Gasteiger partial charge in [0.15, 0.2) is 22.6 Å². The lowest BCUT2D eigenvalue weighted by Gasteiger charge is -2.17. The number of amides is 2. The number of hydrogen-bond donors (Lipinski definition) is 3. The van der Waals surface area contributed by atoms with Crippen molar-refractivity contribution in [2.75, 3.05) is 39.3 Å². The third-order valence-electron chi connectivity index (χ3n) is 12.9. The number of rotatable bonds is 9. The summed E-state index contributed by atoms with van der Waals surface area (Å²) in [6, 6.07) is 17.2. The van der Waals surface area contributed by atoms with Crippen LogP contribution in [-0.4, -0.2) is 110 Å². The second-order valence-corrected chi connectivity index (χ2v) is 20.9. The minimum atomic E-state index is -4.18. The minimum Gasteiger partial charge on any atom is -0.338 e. The molecule has 2 aliphatic heterocycles. The van der Waals surface area contributed by atoms with E-state index in [1.807, 2.05) is 48.5 Å². The second kappa shape index (κ2) is 19.6. The molecule has 2 fully saturated rings. The fourth-order valence-electron chi connectivity index (χ4n) is 9.21. The van der Waals surface area contributed by atoms with Crippen LogP contribution in [0.25, 0.3) is 33.6 Å². The molecule has 0 bridgehead atoms. The Kier molecular flexibility index (Phi) is 13.9. The van der Waals surface area contributed by atoms with Crippen molar-refractivity contribution in [3.63, 3.8) is 0 Å². The van der Waals surface area contributed by atoms with Gasteiger partial charge in [0.2, 0.25) is 0 Å². The molecular weight excluding hydrogens is 934 g/mol. The van der Waals surface area contributed by atoms with Crippen LogP contribution in [0.3, 0.4) is 0 Å². The van der Waals surface area contributed by atoms with E-state index in [2.05, 4.69) is 54.6 Å². The summed E-state index contributed by atoms with van der Waals surface area (Å²) in [5.41, 5.74) is 11.8. The second-order valence-electron chi connectivity index (χ2n) is 17.3. The van der Waals surface area contributed by atoms with E-state index in [9.17, 15) is 34.8 Å². The van der Waals surface area contributed by atoms with Crippen LogP contribution in [0, 0.1) is 25.7 Å². The van der Waals surface area contributed by atoms with Crippen molar-refractivity contribution >= 4 is 59.7 Å². The molecule has 8 heterocycles. The summed E-state index contributed by atoms with van der Waals surface area (Å²) >= 11 is 0. The molecule has 0 saturated carbocycles. The monoisotopic (exact) mass is 988 g/mol. The Hall–Kier alpha value is -6.36. The summed E-state index contributed by atoms with van der Waals surface area (Å²) in [6.45, 7) is 12.6. The lowest BCUT2D eigenvalue weighted by Crippen LogP contribution is -2.38. The van der Waals surface area contributed by atoms with E-state index in [0.717, 1.165) is 59.6 Å². The molecule has 2 amide bonds.